The number of carbonyl (C=O) groups excluding carboxylic acids is 2. The highest BCUT2D eigenvalue weighted by atomic mass is 16.5. The molecule has 1 atom stereocenters. The molecule has 1 aliphatic rings. The lowest BCUT2D eigenvalue weighted by Gasteiger charge is -2.30. The first kappa shape index (κ1) is 17.0. The number of amides is 3. The van der Waals surface area contributed by atoms with Crippen LogP contribution in [0, 0.1) is 5.92 Å². The molecule has 8 nitrogen and oxygen atoms in total. The van der Waals surface area contributed by atoms with E-state index in [0.29, 0.717) is 37.9 Å². The lowest BCUT2D eigenvalue weighted by Crippen LogP contribution is -2.46. The Morgan fingerprint density at radius 1 is 1.43 bits per heavy atom. The van der Waals surface area contributed by atoms with Crippen LogP contribution in [0.15, 0.2) is 18.3 Å². The highest BCUT2D eigenvalue weighted by Crippen LogP contribution is 2.19. The standard InChI is InChI=1S/C15H22N4O4/c1-22-7-8-23-13-5-4-12(9-17-13)18-14(20)11-3-2-6-19(10-11)15(16)21/h4-5,9,11H,2-3,6-8,10H2,1H3,(H2,16,21)(H,18,20). The Morgan fingerprint density at radius 2 is 2.26 bits per heavy atom. The molecule has 2 rings (SSSR count). The lowest BCUT2D eigenvalue weighted by molar-refractivity contribution is -0.121. The topological polar surface area (TPSA) is 107 Å². The van der Waals surface area contributed by atoms with Crippen molar-refractivity contribution in [2.75, 3.05) is 38.7 Å². The maximum absolute atomic E-state index is 12.3. The number of ether oxygens (including phenoxy) is 2. The van der Waals surface area contributed by atoms with Gasteiger partial charge in [-0.3, -0.25) is 4.79 Å². The summed E-state index contributed by atoms with van der Waals surface area (Å²) in [5.74, 6) is 0.0808. The van der Waals surface area contributed by atoms with Crippen molar-refractivity contribution < 1.29 is 19.1 Å². The molecule has 0 saturated carbocycles. The van der Waals surface area contributed by atoms with Gasteiger partial charge in [0.1, 0.15) is 6.61 Å². The molecule has 1 fully saturated rings. The molecule has 23 heavy (non-hydrogen) atoms. The smallest absolute Gasteiger partial charge is 0.314 e. The van der Waals surface area contributed by atoms with Crippen molar-refractivity contribution in [3.63, 3.8) is 0 Å². The van der Waals surface area contributed by atoms with Crippen LogP contribution in [0.1, 0.15) is 12.8 Å². The van der Waals surface area contributed by atoms with Crippen LogP contribution >= 0.6 is 0 Å². The van der Waals surface area contributed by atoms with Crippen molar-refractivity contribution in [1.29, 1.82) is 0 Å². The molecule has 0 aliphatic carbocycles. The largest absolute Gasteiger partial charge is 0.475 e. The molecule has 0 radical (unpaired) electrons. The predicted molar refractivity (Wildman–Crippen MR) is 84.1 cm³/mol. The Balaban J connectivity index is 1.86. The van der Waals surface area contributed by atoms with Crippen LogP contribution in [0.4, 0.5) is 10.5 Å². The molecule has 1 aromatic heterocycles. The fourth-order valence-electron chi connectivity index (χ4n) is 2.40. The van der Waals surface area contributed by atoms with E-state index in [1.165, 1.54) is 11.1 Å². The normalized spacial score (nSPS) is 17.6. The van der Waals surface area contributed by atoms with Crippen LogP contribution in [-0.4, -0.2) is 55.2 Å². The highest BCUT2D eigenvalue weighted by Gasteiger charge is 2.27. The van der Waals surface area contributed by atoms with E-state index in [9.17, 15) is 9.59 Å². The summed E-state index contributed by atoms with van der Waals surface area (Å²) in [5.41, 5.74) is 5.86. The summed E-state index contributed by atoms with van der Waals surface area (Å²) in [4.78, 5) is 29.1. The van der Waals surface area contributed by atoms with Crippen LogP contribution in [-0.2, 0) is 9.53 Å². The van der Waals surface area contributed by atoms with Gasteiger partial charge in [0.25, 0.3) is 0 Å². The number of pyridine rings is 1. The number of primary amides is 1. The summed E-state index contributed by atoms with van der Waals surface area (Å²) >= 11 is 0. The van der Waals surface area contributed by atoms with Crippen LogP contribution < -0.4 is 15.8 Å². The summed E-state index contributed by atoms with van der Waals surface area (Å²) in [6.45, 7) is 1.86. The number of nitrogens with two attached hydrogens (primary N) is 1. The van der Waals surface area contributed by atoms with Crippen molar-refractivity contribution in [3.05, 3.63) is 18.3 Å². The SMILES string of the molecule is COCCOc1ccc(NC(=O)C2CCCN(C(N)=O)C2)cn1. The minimum absolute atomic E-state index is 0.134. The Morgan fingerprint density at radius 3 is 2.91 bits per heavy atom. The third-order valence-electron chi connectivity index (χ3n) is 3.65. The molecule has 0 spiro atoms. The minimum Gasteiger partial charge on any atom is -0.475 e. The Kier molecular flexibility index (Phi) is 6.16. The van der Waals surface area contributed by atoms with E-state index in [1.807, 2.05) is 0 Å². The molecule has 1 aromatic rings. The number of rotatable bonds is 6. The molecule has 126 valence electrons. The van der Waals surface area contributed by atoms with Crippen molar-refractivity contribution >= 4 is 17.6 Å². The average Bonchev–Trinajstić information content (AvgIpc) is 2.56. The van der Waals surface area contributed by atoms with Gasteiger partial charge in [-0.15, -0.1) is 0 Å². The number of methoxy groups -OCH3 is 1. The van der Waals surface area contributed by atoms with Gasteiger partial charge in [-0.2, -0.15) is 0 Å². The van der Waals surface area contributed by atoms with E-state index in [4.69, 9.17) is 15.2 Å². The summed E-state index contributed by atoms with van der Waals surface area (Å²) in [7, 11) is 1.60. The van der Waals surface area contributed by atoms with E-state index in [-0.39, 0.29) is 11.8 Å². The van der Waals surface area contributed by atoms with Crippen LogP contribution in [0.25, 0.3) is 0 Å². The Hall–Kier alpha value is -2.35. The van der Waals surface area contributed by atoms with E-state index >= 15 is 0 Å². The van der Waals surface area contributed by atoms with E-state index in [1.54, 1.807) is 19.2 Å². The number of likely N-dealkylation sites (tertiary alicyclic amines) is 1. The van der Waals surface area contributed by atoms with Crippen LogP contribution in [0.5, 0.6) is 5.88 Å². The predicted octanol–water partition coefficient (Wildman–Crippen LogP) is 0.836. The first-order chi connectivity index (χ1) is 11.1. The number of carbonyl (C=O) groups is 2. The van der Waals surface area contributed by atoms with E-state index in [0.717, 1.165) is 12.8 Å². The maximum Gasteiger partial charge on any atom is 0.314 e. The number of urea groups is 1. The van der Waals surface area contributed by atoms with Gasteiger partial charge in [0.05, 0.1) is 24.4 Å². The van der Waals surface area contributed by atoms with Crippen molar-refractivity contribution in [2.24, 2.45) is 11.7 Å². The third kappa shape index (κ3) is 5.10. The van der Waals surface area contributed by atoms with Gasteiger partial charge in [-0.25, -0.2) is 9.78 Å². The second-order valence-corrected chi connectivity index (χ2v) is 5.34. The summed E-state index contributed by atoms with van der Waals surface area (Å²) in [5, 5.41) is 2.81. The fourth-order valence-corrected chi connectivity index (χ4v) is 2.40. The number of hydrogen-bond donors (Lipinski definition) is 2. The molecule has 3 amide bonds. The number of anilines is 1. The van der Waals surface area contributed by atoms with Gasteiger partial charge in [-0.1, -0.05) is 0 Å². The minimum atomic E-state index is -0.485. The molecular formula is C15H22N4O4. The number of piperidine rings is 1. The van der Waals surface area contributed by atoms with Crippen LogP contribution in [0.3, 0.4) is 0 Å². The zero-order valence-corrected chi connectivity index (χ0v) is 13.2. The summed E-state index contributed by atoms with van der Waals surface area (Å²) in [6, 6.07) is 2.92. The monoisotopic (exact) mass is 322 g/mol. The first-order valence-corrected chi connectivity index (χ1v) is 7.53. The molecule has 1 unspecified atom stereocenters. The number of nitrogens with one attached hydrogen (secondary N) is 1. The van der Waals surface area contributed by atoms with E-state index in [2.05, 4.69) is 10.3 Å². The molecule has 3 N–H and O–H groups in total. The molecule has 8 heteroatoms. The number of aromatic nitrogens is 1. The molecule has 2 heterocycles. The molecule has 0 bridgehead atoms. The van der Waals surface area contributed by atoms with E-state index < -0.39 is 6.03 Å². The molecule has 0 aromatic carbocycles. The first-order valence-electron chi connectivity index (χ1n) is 7.53. The van der Waals surface area contributed by atoms with Gasteiger partial charge in [0.15, 0.2) is 0 Å². The van der Waals surface area contributed by atoms with Crippen molar-refractivity contribution in [1.82, 2.24) is 9.88 Å². The van der Waals surface area contributed by atoms with Gasteiger partial charge in [-0.05, 0) is 18.9 Å². The lowest BCUT2D eigenvalue weighted by atomic mass is 9.97. The number of hydrogen-bond acceptors (Lipinski definition) is 5. The van der Waals surface area contributed by atoms with Crippen molar-refractivity contribution in [2.45, 2.75) is 12.8 Å². The second-order valence-electron chi connectivity index (χ2n) is 5.34. The summed E-state index contributed by atoms with van der Waals surface area (Å²) < 4.78 is 10.2. The fraction of sp³-hybridized carbons (Fsp3) is 0.533. The van der Waals surface area contributed by atoms with Gasteiger partial charge in [0.2, 0.25) is 11.8 Å². The Bertz CT molecular complexity index is 535. The van der Waals surface area contributed by atoms with Gasteiger partial charge >= 0.3 is 6.03 Å². The highest BCUT2D eigenvalue weighted by molar-refractivity contribution is 5.93. The molecule has 1 aliphatic heterocycles. The third-order valence-corrected chi connectivity index (χ3v) is 3.65. The molecular weight excluding hydrogens is 300 g/mol. The average molecular weight is 322 g/mol. The summed E-state index contributed by atoms with van der Waals surface area (Å²) in [6.07, 6.45) is 3.04. The zero-order chi connectivity index (χ0) is 16.7. The second kappa shape index (κ2) is 8.33. The zero-order valence-electron chi connectivity index (χ0n) is 13.2. The van der Waals surface area contributed by atoms with Gasteiger partial charge < -0.3 is 25.4 Å². The van der Waals surface area contributed by atoms with Gasteiger partial charge in [0, 0.05) is 26.3 Å². The molecule has 1 saturated heterocycles. The number of nitrogens with zero attached hydrogens (tertiary/aromatic N) is 2. The van der Waals surface area contributed by atoms with Crippen LogP contribution in [0.2, 0.25) is 0 Å². The Labute approximate surface area is 134 Å². The van der Waals surface area contributed by atoms with Crippen molar-refractivity contribution in [3.8, 4) is 5.88 Å². The quantitative estimate of drug-likeness (QED) is 0.755. The maximum atomic E-state index is 12.3.